The number of nitrogens with one attached hydrogen (secondary N) is 2. The van der Waals surface area contributed by atoms with Crippen molar-refractivity contribution in [1.29, 1.82) is 0 Å². The Morgan fingerprint density at radius 2 is 1.89 bits per heavy atom. The second-order valence-corrected chi connectivity index (χ2v) is 9.22. The molecule has 0 aliphatic carbocycles. The number of pyridine rings is 2. The Morgan fingerprint density at radius 3 is 2.64 bits per heavy atom. The standard InChI is InChI=1S/C25H26N8O2S/c1-17(31-36(34)35)18-4-3-5-19(14-18)23-24-20(8-9-26-23)15-28-25(30-24)29-21-6-7-22(27-16-21)33-12-10-32(2)11-13-33/h3-9,14-16,31H,1,10-13H2,2H3,(H,34,35)(H,28,29,30). The number of benzene rings is 1. The number of rotatable bonds is 7. The van der Waals surface area contributed by atoms with Crippen LogP contribution in [0.15, 0.2) is 67.6 Å². The number of likely N-dealkylation sites (N-methyl/N-ethyl adjacent to an activating group) is 1. The van der Waals surface area contributed by atoms with Crippen LogP contribution in [0.1, 0.15) is 5.56 Å². The van der Waals surface area contributed by atoms with E-state index < -0.39 is 11.3 Å². The second kappa shape index (κ2) is 10.4. The van der Waals surface area contributed by atoms with Crippen LogP contribution in [-0.4, -0.2) is 66.8 Å². The number of piperazine rings is 1. The largest absolute Gasteiger partial charge is 0.354 e. The minimum absolute atomic E-state index is 0.336. The van der Waals surface area contributed by atoms with Gasteiger partial charge in [-0.15, -0.1) is 0 Å². The topological polar surface area (TPSA) is 119 Å². The predicted octanol–water partition coefficient (Wildman–Crippen LogP) is 3.28. The Morgan fingerprint density at radius 1 is 1.06 bits per heavy atom. The zero-order valence-corrected chi connectivity index (χ0v) is 20.6. The highest BCUT2D eigenvalue weighted by Gasteiger charge is 2.15. The molecule has 1 atom stereocenters. The van der Waals surface area contributed by atoms with Crippen molar-refractivity contribution in [3.8, 4) is 11.3 Å². The third-order valence-corrected chi connectivity index (χ3v) is 6.45. The highest BCUT2D eigenvalue weighted by Crippen LogP contribution is 2.28. The van der Waals surface area contributed by atoms with Crippen molar-refractivity contribution in [1.82, 2.24) is 29.6 Å². The van der Waals surface area contributed by atoms with Crippen molar-refractivity contribution in [2.45, 2.75) is 0 Å². The molecule has 0 radical (unpaired) electrons. The van der Waals surface area contributed by atoms with Gasteiger partial charge in [0.1, 0.15) is 11.3 Å². The second-order valence-electron chi connectivity index (χ2n) is 8.52. The van der Waals surface area contributed by atoms with Crippen molar-refractivity contribution in [3.63, 3.8) is 0 Å². The number of aromatic nitrogens is 4. The van der Waals surface area contributed by atoms with Crippen LogP contribution in [0.25, 0.3) is 27.9 Å². The van der Waals surface area contributed by atoms with Gasteiger partial charge in [0.05, 0.1) is 17.6 Å². The van der Waals surface area contributed by atoms with Gasteiger partial charge in [-0.05, 0) is 36.9 Å². The van der Waals surface area contributed by atoms with E-state index in [1.807, 2.05) is 36.4 Å². The molecule has 0 bridgehead atoms. The fourth-order valence-corrected chi connectivity index (χ4v) is 4.39. The molecule has 1 aliphatic heterocycles. The maximum atomic E-state index is 11.1. The third kappa shape index (κ3) is 5.33. The Labute approximate surface area is 211 Å². The Balaban J connectivity index is 1.40. The van der Waals surface area contributed by atoms with Crippen molar-refractivity contribution in [3.05, 3.63) is 73.2 Å². The first kappa shape index (κ1) is 23.8. The quantitative estimate of drug-likeness (QED) is 0.327. The van der Waals surface area contributed by atoms with Gasteiger partial charge in [-0.3, -0.25) is 14.3 Å². The molecule has 184 valence electrons. The third-order valence-electron chi connectivity index (χ3n) is 6.03. The molecule has 4 aromatic rings. The minimum Gasteiger partial charge on any atom is -0.354 e. The molecule has 0 saturated carbocycles. The molecular weight excluding hydrogens is 476 g/mol. The molecule has 1 aliphatic rings. The zero-order chi connectivity index (χ0) is 25.1. The van der Waals surface area contributed by atoms with Gasteiger partial charge in [-0.25, -0.2) is 19.2 Å². The molecular formula is C25H26N8O2S. The number of hydrogen-bond donors (Lipinski definition) is 3. The zero-order valence-electron chi connectivity index (χ0n) is 19.8. The summed E-state index contributed by atoms with van der Waals surface area (Å²) in [5, 5.41) is 4.08. The van der Waals surface area contributed by atoms with E-state index in [1.165, 1.54) is 0 Å². The lowest BCUT2D eigenvalue weighted by molar-refractivity contribution is 0.312. The maximum Gasteiger partial charge on any atom is 0.259 e. The van der Waals surface area contributed by atoms with Crippen LogP contribution in [0.4, 0.5) is 17.5 Å². The molecule has 5 rings (SSSR count). The lowest BCUT2D eigenvalue weighted by Crippen LogP contribution is -2.44. The fraction of sp³-hybridized carbons (Fsp3) is 0.200. The molecule has 0 amide bonds. The number of nitrogens with zero attached hydrogens (tertiary/aromatic N) is 6. The van der Waals surface area contributed by atoms with Crippen molar-refractivity contribution in [2.75, 3.05) is 43.4 Å². The Kier molecular flexibility index (Phi) is 6.85. The van der Waals surface area contributed by atoms with E-state index in [0.29, 0.717) is 28.4 Å². The van der Waals surface area contributed by atoms with Crippen LogP contribution in [-0.2, 0) is 11.3 Å². The van der Waals surface area contributed by atoms with Crippen LogP contribution in [0.5, 0.6) is 0 Å². The normalized spacial score (nSPS) is 15.0. The van der Waals surface area contributed by atoms with Gasteiger partial charge in [0.2, 0.25) is 5.95 Å². The van der Waals surface area contributed by atoms with Crippen molar-refractivity contribution >= 4 is 45.3 Å². The van der Waals surface area contributed by atoms with E-state index in [9.17, 15) is 4.21 Å². The summed E-state index contributed by atoms with van der Waals surface area (Å²) in [7, 11) is 2.13. The first-order chi connectivity index (χ1) is 17.5. The average molecular weight is 503 g/mol. The van der Waals surface area contributed by atoms with Gasteiger partial charge in [-0.1, -0.05) is 24.8 Å². The summed E-state index contributed by atoms with van der Waals surface area (Å²) in [6.07, 6.45) is 5.25. The van der Waals surface area contributed by atoms with E-state index in [1.54, 1.807) is 24.7 Å². The lowest BCUT2D eigenvalue weighted by atomic mass is 10.0. The first-order valence-electron chi connectivity index (χ1n) is 11.4. The van der Waals surface area contributed by atoms with Crippen LogP contribution in [0.3, 0.4) is 0 Å². The summed E-state index contributed by atoms with van der Waals surface area (Å²) < 4.78 is 22.6. The van der Waals surface area contributed by atoms with E-state index in [0.717, 1.165) is 48.6 Å². The predicted molar refractivity (Wildman–Crippen MR) is 143 cm³/mol. The lowest BCUT2D eigenvalue weighted by Gasteiger charge is -2.33. The first-order valence-corrected chi connectivity index (χ1v) is 12.5. The summed E-state index contributed by atoms with van der Waals surface area (Å²) in [4.78, 5) is 23.0. The van der Waals surface area contributed by atoms with Gasteiger partial charge < -0.3 is 15.1 Å². The van der Waals surface area contributed by atoms with Crippen molar-refractivity contribution in [2.24, 2.45) is 0 Å². The van der Waals surface area contributed by atoms with Gasteiger partial charge >= 0.3 is 0 Å². The highest BCUT2D eigenvalue weighted by atomic mass is 32.2. The van der Waals surface area contributed by atoms with Gasteiger partial charge in [0.15, 0.2) is 0 Å². The molecule has 36 heavy (non-hydrogen) atoms. The molecule has 1 fully saturated rings. The van der Waals surface area contributed by atoms with Crippen molar-refractivity contribution < 1.29 is 8.76 Å². The summed E-state index contributed by atoms with van der Waals surface area (Å²) in [6.45, 7) is 7.80. The number of anilines is 3. The molecule has 11 heteroatoms. The molecule has 1 aromatic carbocycles. The minimum atomic E-state index is -2.20. The summed E-state index contributed by atoms with van der Waals surface area (Å²) >= 11 is -2.20. The monoisotopic (exact) mass is 502 g/mol. The van der Waals surface area contributed by atoms with E-state index >= 15 is 0 Å². The van der Waals surface area contributed by atoms with Gasteiger partial charge in [0.25, 0.3) is 11.3 Å². The highest BCUT2D eigenvalue weighted by molar-refractivity contribution is 7.77. The van der Waals surface area contributed by atoms with Crippen LogP contribution >= 0.6 is 0 Å². The molecule has 10 nitrogen and oxygen atoms in total. The van der Waals surface area contributed by atoms with Gasteiger partial charge in [-0.2, -0.15) is 0 Å². The van der Waals surface area contributed by atoms with E-state index in [4.69, 9.17) is 9.54 Å². The van der Waals surface area contributed by atoms with Gasteiger partial charge in [0, 0.05) is 55.2 Å². The van der Waals surface area contributed by atoms with Crippen LogP contribution in [0.2, 0.25) is 0 Å². The molecule has 1 unspecified atom stereocenters. The molecule has 1 saturated heterocycles. The number of fused-ring (bicyclic) bond motifs is 1. The molecule has 3 N–H and O–H groups in total. The summed E-state index contributed by atoms with van der Waals surface area (Å²) in [5.41, 5.74) is 3.95. The molecule has 4 heterocycles. The average Bonchev–Trinajstić information content (AvgIpc) is 2.89. The smallest absolute Gasteiger partial charge is 0.259 e. The van der Waals surface area contributed by atoms with E-state index in [2.05, 4.69) is 48.4 Å². The Hall–Kier alpha value is -3.93. The summed E-state index contributed by atoms with van der Waals surface area (Å²) in [5.74, 6) is 1.39. The number of hydrogen-bond acceptors (Lipinski definition) is 8. The van der Waals surface area contributed by atoms with Crippen LogP contribution < -0.4 is 14.9 Å². The SMILES string of the molecule is C=C(NS(=O)O)c1cccc(-c2nccc3cnc(Nc4ccc(N5CCN(C)CC5)nc4)nc23)c1. The molecule has 3 aromatic heterocycles. The fourth-order valence-electron chi connectivity index (χ4n) is 4.06. The Bertz CT molecular complexity index is 1420. The maximum absolute atomic E-state index is 11.1. The van der Waals surface area contributed by atoms with E-state index in [-0.39, 0.29) is 0 Å². The van der Waals surface area contributed by atoms with Crippen LogP contribution in [0, 0.1) is 0 Å². The molecule has 0 spiro atoms. The summed E-state index contributed by atoms with van der Waals surface area (Å²) in [6, 6.07) is 13.2.